The maximum absolute atomic E-state index is 12.5. The number of ketones is 1. The molecule has 0 saturated carbocycles. The van der Waals surface area contributed by atoms with Crippen LogP contribution in [0.2, 0.25) is 0 Å². The highest BCUT2D eigenvalue weighted by Gasteiger charge is 2.23. The zero-order valence-corrected chi connectivity index (χ0v) is 15.7. The number of nitrogens with zero attached hydrogens (tertiary/aromatic N) is 1. The summed E-state index contributed by atoms with van der Waals surface area (Å²) in [5.41, 5.74) is 0.357. The standard InChI is InChI=1S/C18H19N3O5S/c1-21(2)27(25,26)12-6-3-5-11(9-12)19-17(23)14-10-13-15(20-18(14)24)7-4-8-16(13)22/h3,5-6,9-10H,4,7-8H2,1-2H3,(H,19,23)(H,20,24). The molecule has 1 aromatic carbocycles. The molecule has 1 amide bonds. The number of aromatic amines is 1. The Labute approximate surface area is 156 Å². The average molecular weight is 389 g/mol. The van der Waals surface area contributed by atoms with Crippen LogP contribution in [-0.4, -0.2) is 43.5 Å². The molecule has 1 aliphatic carbocycles. The van der Waals surface area contributed by atoms with Crippen molar-refractivity contribution in [3.8, 4) is 0 Å². The number of hydrogen-bond acceptors (Lipinski definition) is 5. The number of nitrogens with one attached hydrogen (secondary N) is 2. The molecule has 3 rings (SSSR count). The lowest BCUT2D eigenvalue weighted by molar-refractivity contribution is 0.0971. The maximum Gasteiger partial charge on any atom is 0.261 e. The predicted molar refractivity (Wildman–Crippen MR) is 99.6 cm³/mol. The van der Waals surface area contributed by atoms with Crippen molar-refractivity contribution >= 4 is 27.4 Å². The normalized spacial score (nSPS) is 14.1. The highest BCUT2D eigenvalue weighted by Crippen LogP contribution is 2.21. The molecule has 8 nitrogen and oxygen atoms in total. The first-order valence-electron chi connectivity index (χ1n) is 8.33. The largest absolute Gasteiger partial charge is 0.325 e. The molecular weight excluding hydrogens is 370 g/mol. The number of H-pyrrole nitrogens is 1. The topological polar surface area (TPSA) is 116 Å². The lowest BCUT2D eigenvalue weighted by Gasteiger charge is -2.15. The molecule has 0 fully saturated rings. The van der Waals surface area contributed by atoms with E-state index in [1.165, 1.54) is 44.4 Å². The van der Waals surface area contributed by atoms with E-state index in [1.54, 1.807) is 0 Å². The minimum absolute atomic E-state index is 0.0137. The van der Waals surface area contributed by atoms with Crippen LogP contribution in [0.5, 0.6) is 0 Å². The first kappa shape index (κ1) is 19.0. The molecule has 2 aromatic rings. The second-order valence-electron chi connectivity index (χ2n) is 6.45. The van der Waals surface area contributed by atoms with Gasteiger partial charge in [0.1, 0.15) is 5.56 Å². The molecule has 0 bridgehead atoms. The molecule has 0 aliphatic heterocycles. The molecule has 0 atom stereocenters. The number of pyridine rings is 1. The molecule has 1 heterocycles. The van der Waals surface area contributed by atoms with Gasteiger partial charge in [0, 0.05) is 37.5 Å². The number of benzene rings is 1. The summed E-state index contributed by atoms with van der Waals surface area (Å²) in [4.78, 5) is 39.4. The van der Waals surface area contributed by atoms with E-state index >= 15 is 0 Å². The van der Waals surface area contributed by atoms with Crippen LogP contribution in [0.25, 0.3) is 0 Å². The predicted octanol–water partition coefficient (Wildman–Crippen LogP) is 1.40. The van der Waals surface area contributed by atoms with E-state index in [9.17, 15) is 22.8 Å². The Hall–Kier alpha value is -2.78. The molecule has 0 spiro atoms. The van der Waals surface area contributed by atoms with Crippen molar-refractivity contribution in [3.63, 3.8) is 0 Å². The summed E-state index contributed by atoms with van der Waals surface area (Å²) in [5, 5.41) is 2.52. The lowest BCUT2D eigenvalue weighted by Crippen LogP contribution is -2.27. The van der Waals surface area contributed by atoms with Crippen LogP contribution in [0.1, 0.15) is 39.3 Å². The molecule has 0 unspecified atom stereocenters. The monoisotopic (exact) mass is 389 g/mol. The average Bonchev–Trinajstić information content (AvgIpc) is 2.61. The fraction of sp³-hybridized carbons (Fsp3) is 0.278. The first-order chi connectivity index (χ1) is 12.7. The summed E-state index contributed by atoms with van der Waals surface area (Å²) in [6.45, 7) is 0. The molecule has 27 heavy (non-hydrogen) atoms. The second-order valence-corrected chi connectivity index (χ2v) is 8.60. The number of anilines is 1. The van der Waals surface area contributed by atoms with Crippen LogP contribution in [0.3, 0.4) is 0 Å². The van der Waals surface area contributed by atoms with Gasteiger partial charge < -0.3 is 10.3 Å². The number of rotatable bonds is 4. The van der Waals surface area contributed by atoms with Crippen molar-refractivity contribution in [1.29, 1.82) is 0 Å². The fourth-order valence-electron chi connectivity index (χ4n) is 2.89. The lowest BCUT2D eigenvalue weighted by atomic mass is 9.93. The Kier molecular flexibility index (Phi) is 4.99. The molecule has 142 valence electrons. The van der Waals surface area contributed by atoms with Gasteiger partial charge in [0.15, 0.2) is 5.78 Å². The molecule has 2 N–H and O–H groups in total. The number of carbonyl (C=O) groups excluding carboxylic acids is 2. The highest BCUT2D eigenvalue weighted by atomic mass is 32.2. The summed E-state index contributed by atoms with van der Waals surface area (Å²) in [6.07, 6.45) is 1.63. The third-order valence-electron chi connectivity index (χ3n) is 4.37. The number of aryl methyl sites for hydroxylation is 1. The summed E-state index contributed by atoms with van der Waals surface area (Å²) >= 11 is 0. The molecule has 9 heteroatoms. The van der Waals surface area contributed by atoms with E-state index in [-0.39, 0.29) is 21.9 Å². The van der Waals surface area contributed by atoms with Crippen LogP contribution >= 0.6 is 0 Å². The maximum atomic E-state index is 12.5. The van der Waals surface area contributed by atoms with Gasteiger partial charge in [-0.2, -0.15) is 0 Å². The summed E-state index contributed by atoms with van der Waals surface area (Å²) < 4.78 is 25.5. The molecule has 1 aliphatic rings. The van der Waals surface area contributed by atoms with Crippen molar-refractivity contribution in [2.24, 2.45) is 0 Å². The third kappa shape index (κ3) is 3.69. The Morgan fingerprint density at radius 2 is 1.89 bits per heavy atom. The van der Waals surface area contributed by atoms with E-state index in [4.69, 9.17) is 0 Å². The Morgan fingerprint density at radius 1 is 1.15 bits per heavy atom. The van der Waals surface area contributed by atoms with Gasteiger partial charge in [0.2, 0.25) is 10.0 Å². The second kappa shape index (κ2) is 7.09. The quantitative estimate of drug-likeness (QED) is 0.820. The van der Waals surface area contributed by atoms with E-state index in [0.29, 0.717) is 30.5 Å². The number of amides is 1. The van der Waals surface area contributed by atoms with Gasteiger partial charge >= 0.3 is 0 Å². The van der Waals surface area contributed by atoms with Crippen LogP contribution < -0.4 is 10.9 Å². The van der Waals surface area contributed by atoms with Crippen molar-refractivity contribution < 1.29 is 18.0 Å². The van der Waals surface area contributed by atoms with Crippen LogP contribution in [-0.2, 0) is 16.4 Å². The van der Waals surface area contributed by atoms with Crippen LogP contribution in [0.4, 0.5) is 5.69 Å². The van der Waals surface area contributed by atoms with Crippen molar-refractivity contribution in [1.82, 2.24) is 9.29 Å². The van der Waals surface area contributed by atoms with Gasteiger partial charge in [-0.15, -0.1) is 0 Å². The zero-order valence-electron chi connectivity index (χ0n) is 14.9. The number of Topliss-reactive ketones (excluding diaryl/α,β-unsaturated/α-hetero) is 1. The van der Waals surface area contributed by atoms with Gasteiger partial charge in [-0.25, -0.2) is 12.7 Å². The highest BCUT2D eigenvalue weighted by molar-refractivity contribution is 7.89. The zero-order chi connectivity index (χ0) is 19.8. The number of hydrogen-bond donors (Lipinski definition) is 2. The third-order valence-corrected chi connectivity index (χ3v) is 6.18. The van der Waals surface area contributed by atoms with Gasteiger partial charge in [0.05, 0.1) is 4.90 Å². The molecule has 0 radical (unpaired) electrons. The summed E-state index contributed by atoms with van der Waals surface area (Å²) in [6, 6.07) is 7.04. The number of fused-ring (bicyclic) bond motifs is 1. The first-order valence-corrected chi connectivity index (χ1v) is 9.77. The van der Waals surface area contributed by atoms with Crippen molar-refractivity contribution in [3.05, 3.63) is 57.5 Å². The fourth-order valence-corrected chi connectivity index (χ4v) is 3.84. The molecule has 0 saturated heterocycles. The number of carbonyl (C=O) groups is 2. The van der Waals surface area contributed by atoms with Crippen LogP contribution in [0, 0.1) is 0 Å². The Bertz CT molecular complexity index is 1090. The van der Waals surface area contributed by atoms with Gasteiger partial charge in [-0.05, 0) is 37.1 Å². The van der Waals surface area contributed by atoms with Crippen LogP contribution in [0.15, 0.2) is 40.0 Å². The smallest absolute Gasteiger partial charge is 0.261 e. The Morgan fingerprint density at radius 3 is 2.59 bits per heavy atom. The number of aromatic nitrogens is 1. The Balaban J connectivity index is 1.92. The van der Waals surface area contributed by atoms with E-state index < -0.39 is 21.5 Å². The van der Waals surface area contributed by atoms with Gasteiger partial charge in [-0.3, -0.25) is 14.4 Å². The number of sulfonamides is 1. The SMILES string of the molecule is CN(C)S(=O)(=O)c1cccc(NC(=O)c2cc3c([nH]c2=O)CCCC3=O)c1. The summed E-state index contributed by atoms with van der Waals surface area (Å²) in [5.74, 6) is -0.822. The van der Waals surface area contributed by atoms with Crippen molar-refractivity contribution in [2.75, 3.05) is 19.4 Å². The molecular formula is C18H19N3O5S. The summed E-state index contributed by atoms with van der Waals surface area (Å²) in [7, 11) is -0.844. The van der Waals surface area contributed by atoms with E-state index in [2.05, 4.69) is 10.3 Å². The minimum Gasteiger partial charge on any atom is -0.325 e. The van der Waals surface area contributed by atoms with E-state index in [0.717, 1.165) is 4.31 Å². The van der Waals surface area contributed by atoms with E-state index in [1.807, 2.05) is 0 Å². The van der Waals surface area contributed by atoms with Gasteiger partial charge in [0.25, 0.3) is 11.5 Å². The van der Waals surface area contributed by atoms with Crippen molar-refractivity contribution in [2.45, 2.75) is 24.2 Å². The van der Waals surface area contributed by atoms with Gasteiger partial charge in [-0.1, -0.05) is 6.07 Å². The minimum atomic E-state index is -3.66. The molecule has 1 aromatic heterocycles.